The summed E-state index contributed by atoms with van der Waals surface area (Å²) in [7, 11) is 2.02. The van der Waals surface area contributed by atoms with Gasteiger partial charge in [-0.1, -0.05) is 0 Å². The molecule has 6 rings (SSSR count). The minimum absolute atomic E-state index is 0.0395. The normalized spacial score (nSPS) is 26.7. The van der Waals surface area contributed by atoms with Crippen molar-refractivity contribution in [3.8, 4) is 34.1 Å². The van der Waals surface area contributed by atoms with E-state index in [0.29, 0.717) is 0 Å². The Morgan fingerprint density at radius 3 is 1.74 bits per heavy atom. The van der Waals surface area contributed by atoms with Crippen LogP contribution in [0.2, 0.25) is 0 Å². The van der Waals surface area contributed by atoms with E-state index in [0.717, 1.165) is 14.2 Å². The number of phenolic OH excluding ortho intramolecular Hbond substituents is 2. The summed E-state index contributed by atoms with van der Waals surface area (Å²) in [6.45, 7) is 3.00. The number of carbonyl (C=O) groups is 4. The summed E-state index contributed by atoms with van der Waals surface area (Å²) in [5, 5.41) is 67.7. The van der Waals surface area contributed by atoms with E-state index in [1.165, 1.54) is 26.0 Å². The second kappa shape index (κ2) is 10.2. The van der Waals surface area contributed by atoms with E-state index in [2.05, 4.69) is 0 Å². The van der Waals surface area contributed by atoms with Crippen molar-refractivity contribution in [1.82, 2.24) is 0 Å². The summed E-state index contributed by atoms with van der Waals surface area (Å²) < 4.78 is 21.8. The molecule has 0 spiro atoms. The Bertz CT molecular complexity index is 1850. The van der Waals surface area contributed by atoms with Crippen molar-refractivity contribution >= 4 is 35.0 Å². The minimum atomic E-state index is -2.54. The number of aliphatic hydroxyl groups excluding tert-OH is 4. The number of rotatable bonds is 3. The van der Waals surface area contributed by atoms with Crippen molar-refractivity contribution in [2.75, 3.05) is 14.2 Å². The molecular formula is C32H30O14. The molecule has 6 N–H and O–H groups in total. The van der Waals surface area contributed by atoms with Gasteiger partial charge < -0.3 is 49.6 Å². The number of fused-ring (bicyclic) bond motifs is 4. The number of phenols is 2. The van der Waals surface area contributed by atoms with Crippen LogP contribution in [-0.2, 0) is 28.7 Å². The number of benzene rings is 2. The molecule has 0 radical (unpaired) electrons. The molecule has 2 aromatic rings. The lowest BCUT2D eigenvalue weighted by Gasteiger charge is -2.44. The van der Waals surface area contributed by atoms with E-state index in [-0.39, 0.29) is 53.7 Å². The first-order valence-electron chi connectivity index (χ1n) is 14.3. The molecule has 46 heavy (non-hydrogen) atoms. The Morgan fingerprint density at radius 2 is 1.22 bits per heavy atom. The number of carbonyl (C=O) groups excluding carboxylic acids is 4. The van der Waals surface area contributed by atoms with Crippen LogP contribution in [0, 0.1) is 13.8 Å². The summed E-state index contributed by atoms with van der Waals surface area (Å²) in [5.41, 5.74) is -6.73. The van der Waals surface area contributed by atoms with Crippen LogP contribution in [-0.4, -0.2) is 91.8 Å². The summed E-state index contributed by atoms with van der Waals surface area (Å²) in [6, 6.07) is 2.52. The van der Waals surface area contributed by atoms with Crippen molar-refractivity contribution in [2.45, 2.75) is 62.9 Å². The Kier molecular flexibility index (Phi) is 6.87. The van der Waals surface area contributed by atoms with Crippen LogP contribution in [0.3, 0.4) is 0 Å². The zero-order valence-electron chi connectivity index (χ0n) is 25.1. The highest BCUT2D eigenvalue weighted by atomic mass is 16.6. The van der Waals surface area contributed by atoms with Crippen LogP contribution in [0.1, 0.15) is 47.9 Å². The van der Waals surface area contributed by atoms with Crippen LogP contribution in [0.4, 0.5) is 0 Å². The Morgan fingerprint density at radius 1 is 0.739 bits per heavy atom. The zero-order chi connectivity index (χ0) is 33.6. The molecule has 14 heteroatoms. The lowest BCUT2D eigenvalue weighted by Crippen LogP contribution is -2.61. The highest BCUT2D eigenvalue weighted by Gasteiger charge is 2.63. The van der Waals surface area contributed by atoms with Crippen molar-refractivity contribution in [3.63, 3.8) is 0 Å². The van der Waals surface area contributed by atoms with Crippen LogP contribution in [0.25, 0.3) is 22.6 Å². The first-order valence-corrected chi connectivity index (χ1v) is 14.3. The number of aromatic hydroxyl groups is 2. The molecular weight excluding hydrogens is 608 g/mol. The number of hydrogen-bond acceptors (Lipinski definition) is 14. The van der Waals surface area contributed by atoms with Crippen LogP contribution in [0.5, 0.6) is 23.0 Å². The van der Waals surface area contributed by atoms with Gasteiger partial charge in [0.1, 0.15) is 57.9 Å². The molecule has 14 nitrogen and oxygen atoms in total. The molecule has 0 aromatic heterocycles. The van der Waals surface area contributed by atoms with E-state index in [1.54, 1.807) is 0 Å². The summed E-state index contributed by atoms with van der Waals surface area (Å²) in [4.78, 5) is 52.4. The summed E-state index contributed by atoms with van der Waals surface area (Å²) >= 11 is 0. The average molecular weight is 639 g/mol. The maximum atomic E-state index is 13.3. The van der Waals surface area contributed by atoms with Gasteiger partial charge in [0.15, 0.2) is 11.6 Å². The number of ether oxygens (including phenoxy) is 4. The molecule has 4 unspecified atom stereocenters. The molecule has 2 heterocycles. The van der Waals surface area contributed by atoms with E-state index in [1.807, 2.05) is 0 Å². The fraction of sp³-hybridized carbons (Fsp3) is 0.375. The molecule has 4 aliphatic rings. The van der Waals surface area contributed by atoms with Gasteiger partial charge in [-0.05, 0) is 49.9 Å². The van der Waals surface area contributed by atoms with Gasteiger partial charge in [-0.3, -0.25) is 9.59 Å². The van der Waals surface area contributed by atoms with Gasteiger partial charge >= 0.3 is 11.9 Å². The number of Topliss-reactive ketones (excluding diaryl/α,β-unsaturated/α-hetero) is 2. The van der Waals surface area contributed by atoms with Gasteiger partial charge in [0.05, 0.1) is 25.4 Å². The molecule has 0 amide bonds. The van der Waals surface area contributed by atoms with Crippen molar-refractivity contribution in [2.24, 2.45) is 0 Å². The lowest BCUT2D eigenvalue weighted by molar-refractivity contribution is -0.170. The maximum Gasteiger partial charge on any atom is 0.358 e. The number of aliphatic hydroxyl groups is 4. The van der Waals surface area contributed by atoms with E-state index in [4.69, 9.17) is 18.9 Å². The molecule has 2 aliphatic carbocycles. The maximum absolute atomic E-state index is 13.3. The monoisotopic (exact) mass is 638 g/mol. The molecule has 4 atom stereocenters. The first kappa shape index (κ1) is 30.9. The van der Waals surface area contributed by atoms with E-state index in [9.17, 15) is 49.8 Å². The fourth-order valence-corrected chi connectivity index (χ4v) is 7.05. The standard InChI is InChI=1S/C32H30O14/c1-11-9-15(35)21-26(39)23-13(33)6-8-18(37)32(23,30(42)44-4)46-28(21)20(11)19-12(2)10-16-22(25(19)38)27(40)24-14(34)5-7-17(36)31(24,45-16)29(41)43-3/h9-10,17-18,35-40H,5-8H2,1-4H3. The largest absolute Gasteiger partial charge is 0.507 e. The Hall–Kier alpha value is -5.08. The van der Waals surface area contributed by atoms with Crippen LogP contribution >= 0.6 is 0 Å². The lowest BCUT2D eigenvalue weighted by atomic mass is 9.72. The number of ketones is 2. The second-order valence-corrected chi connectivity index (χ2v) is 11.6. The summed E-state index contributed by atoms with van der Waals surface area (Å²) in [5.74, 6) is -7.47. The number of methoxy groups -OCH3 is 2. The van der Waals surface area contributed by atoms with Gasteiger partial charge in [-0.25, -0.2) is 9.59 Å². The molecule has 2 aromatic carbocycles. The van der Waals surface area contributed by atoms with Crippen molar-refractivity contribution in [1.29, 1.82) is 0 Å². The van der Waals surface area contributed by atoms with Crippen LogP contribution < -0.4 is 9.47 Å². The Labute approximate surface area is 260 Å². The van der Waals surface area contributed by atoms with Gasteiger partial charge in [-0.2, -0.15) is 0 Å². The third-order valence-electron chi connectivity index (χ3n) is 9.16. The molecule has 242 valence electrons. The minimum Gasteiger partial charge on any atom is -0.507 e. The van der Waals surface area contributed by atoms with Gasteiger partial charge in [0.2, 0.25) is 0 Å². The van der Waals surface area contributed by atoms with Crippen molar-refractivity contribution in [3.05, 3.63) is 45.5 Å². The van der Waals surface area contributed by atoms with E-state index >= 15 is 0 Å². The third-order valence-corrected chi connectivity index (χ3v) is 9.16. The zero-order valence-corrected chi connectivity index (χ0v) is 25.1. The number of aryl methyl sites for hydroxylation is 2. The second-order valence-electron chi connectivity index (χ2n) is 11.6. The van der Waals surface area contributed by atoms with Crippen LogP contribution in [0.15, 0.2) is 23.3 Å². The predicted octanol–water partition coefficient (Wildman–Crippen LogP) is 1.98. The highest BCUT2D eigenvalue weighted by molar-refractivity contribution is 6.14. The average Bonchev–Trinajstić information content (AvgIpc) is 3.00. The molecule has 0 saturated heterocycles. The molecule has 0 bridgehead atoms. The molecule has 2 aliphatic heterocycles. The van der Waals surface area contributed by atoms with Crippen molar-refractivity contribution < 1.29 is 68.8 Å². The molecule has 2 saturated carbocycles. The SMILES string of the molecule is COC(=O)C12Oc3cc(C)c(-c4c(C)cc(O)c5c4OC4(C(=O)OC)C(=C5O)C(=O)CCC4O)c(O)c3C(O)=C1C(=O)CCC2O. The predicted molar refractivity (Wildman–Crippen MR) is 155 cm³/mol. The first-order chi connectivity index (χ1) is 21.7. The fourth-order valence-electron chi connectivity index (χ4n) is 7.05. The van der Waals surface area contributed by atoms with Gasteiger partial charge in [-0.15, -0.1) is 0 Å². The van der Waals surface area contributed by atoms with E-state index < -0.39 is 98.0 Å². The number of esters is 2. The third kappa shape index (κ3) is 3.70. The van der Waals surface area contributed by atoms with Gasteiger partial charge in [0, 0.05) is 24.0 Å². The topological polar surface area (TPSA) is 227 Å². The molecule has 2 fully saturated rings. The quantitative estimate of drug-likeness (QED) is 0.264. The smallest absolute Gasteiger partial charge is 0.358 e. The Balaban J connectivity index is 1.68. The number of hydrogen-bond donors (Lipinski definition) is 6. The summed E-state index contributed by atoms with van der Waals surface area (Å²) in [6.07, 6.45) is -4.15. The highest BCUT2D eigenvalue weighted by Crippen LogP contribution is 2.57. The van der Waals surface area contributed by atoms with Gasteiger partial charge in [0.25, 0.3) is 11.2 Å².